The lowest BCUT2D eigenvalue weighted by molar-refractivity contribution is -0.117. The number of carbonyl (C=O) groups excluding carboxylic acids is 3. The molecule has 0 spiro atoms. The van der Waals surface area contributed by atoms with E-state index in [4.69, 9.17) is 10.5 Å². The molecule has 228 valence electrons. The summed E-state index contributed by atoms with van der Waals surface area (Å²) in [4.78, 5) is 42.2. The zero-order valence-corrected chi connectivity index (χ0v) is 25.7. The largest absolute Gasteiger partial charge is 0.444 e. The summed E-state index contributed by atoms with van der Waals surface area (Å²) in [6.45, 7) is 9.72. The lowest BCUT2D eigenvalue weighted by Gasteiger charge is -2.39. The number of primary amides is 1. The number of anilines is 2. The highest BCUT2D eigenvalue weighted by Gasteiger charge is 2.31. The summed E-state index contributed by atoms with van der Waals surface area (Å²) in [7, 11) is 3.64. The Morgan fingerprint density at radius 2 is 1.72 bits per heavy atom. The van der Waals surface area contributed by atoms with Crippen molar-refractivity contribution < 1.29 is 19.1 Å². The van der Waals surface area contributed by atoms with Crippen LogP contribution in [0.2, 0.25) is 0 Å². The molecule has 0 unspecified atom stereocenters. The molecule has 5 rings (SSSR count). The number of nitrogens with zero attached hydrogens (tertiary/aromatic N) is 6. The van der Waals surface area contributed by atoms with Crippen molar-refractivity contribution >= 4 is 51.1 Å². The maximum absolute atomic E-state index is 13.6. The molecule has 0 aliphatic carbocycles. The number of nitrogens with one attached hydrogen (secondary N) is 1. The zero-order chi connectivity index (χ0) is 31.1. The third-order valence-corrected chi connectivity index (χ3v) is 7.65. The SMILES string of the molecule is CCN(C(=O)OC(C)(C)C)C1CCN(c2ccc(C(=O)Nc3cc(CC(N)=O)c4nn(C)cc4c3)c3nn(C)cc23)CC1. The van der Waals surface area contributed by atoms with E-state index >= 15 is 0 Å². The van der Waals surface area contributed by atoms with Crippen molar-refractivity contribution in [1.82, 2.24) is 24.5 Å². The monoisotopic (exact) mass is 588 g/mol. The highest BCUT2D eigenvalue weighted by atomic mass is 16.6. The maximum Gasteiger partial charge on any atom is 0.410 e. The van der Waals surface area contributed by atoms with Crippen LogP contribution in [-0.4, -0.2) is 73.6 Å². The van der Waals surface area contributed by atoms with Gasteiger partial charge in [-0.15, -0.1) is 0 Å². The van der Waals surface area contributed by atoms with Crippen molar-refractivity contribution in [2.45, 2.75) is 58.6 Å². The fraction of sp³-hybridized carbons (Fsp3) is 0.452. The van der Waals surface area contributed by atoms with Gasteiger partial charge in [-0.2, -0.15) is 10.2 Å². The summed E-state index contributed by atoms with van der Waals surface area (Å²) < 4.78 is 9.02. The number of benzene rings is 2. The van der Waals surface area contributed by atoms with E-state index in [0.717, 1.165) is 42.4 Å². The van der Waals surface area contributed by atoms with Gasteiger partial charge in [0.1, 0.15) is 11.1 Å². The number of nitrogens with two attached hydrogens (primary N) is 1. The van der Waals surface area contributed by atoms with Crippen molar-refractivity contribution in [1.29, 1.82) is 0 Å². The molecule has 2 aromatic carbocycles. The molecule has 1 saturated heterocycles. The number of aromatic nitrogens is 4. The number of ether oxygens (including phenoxy) is 1. The molecule has 12 nitrogen and oxygen atoms in total. The maximum atomic E-state index is 13.6. The Morgan fingerprint density at radius 1 is 1.05 bits per heavy atom. The Balaban J connectivity index is 1.36. The van der Waals surface area contributed by atoms with Gasteiger partial charge in [0.05, 0.1) is 17.5 Å². The first-order chi connectivity index (χ1) is 20.3. The summed E-state index contributed by atoms with van der Waals surface area (Å²) in [6.07, 6.45) is 5.11. The topological polar surface area (TPSA) is 141 Å². The average Bonchev–Trinajstić information content (AvgIpc) is 3.49. The van der Waals surface area contributed by atoms with E-state index in [1.807, 2.05) is 64.2 Å². The molecule has 1 fully saturated rings. The number of aryl methyl sites for hydroxylation is 2. The second-order valence-electron chi connectivity index (χ2n) is 12.2. The minimum absolute atomic E-state index is 0.0148. The number of hydrogen-bond donors (Lipinski definition) is 2. The molecule has 0 radical (unpaired) electrons. The minimum atomic E-state index is -0.539. The van der Waals surface area contributed by atoms with Gasteiger partial charge in [0.2, 0.25) is 5.91 Å². The van der Waals surface area contributed by atoms with Gasteiger partial charge in [0.25, 0.3) is 5.91 Å². The van der Waals surface area contributed by atoms with Crippen LogP contribution in [0.4, 0.5) is 16.2 Å². The first kappa shape index (κ1) is 29.9. The second-order valence-corrected chi connectivity index (χ2v) is 12.2. The van der Waals surface area contributed by atoms with Gasteiger partial charge in [0, 0.05) is 74.3 Å². The molecular formula is C31H40N8O4. The molecule has 0 saturated carbocycles. The number of rotatable bonds is 7. The van der Waals surface area contributed by atoms with Crippen LogP contribution >= 0.6 is 0 Å². The van der Waals surface area contributed by atoms with Crippen molar-refractivity contribution in [3.63, 3.8) is 0 Å². The van der Waals surface area contributed by atoms with Gasteiger partial charge in [0.15, 0.2) is 0 Å². The van der Waals surface area contributed by atoms with E-state index in [0.29, 0.717) is 34.4 Å². The average molecular weight is 589 g/mol. The van der Waals surface area contributed by atoms with Crippen LogP contribution in [0, 0.1) is 0 Å². The number of amides is 3. The lowest BCUT2D eigenvalue weighted by Crippen LogP contribution is -2.48. The van der Waals surface area contributed by atoms with E-state index in [1.165, 1.54) is 0 Å². The van der Waals surface area contributed by atoms with E-state index in [9.17, 15) is 14.4 Å². The van der Waals surface area contributed by atoms with Crippen molar-refractivity contribution in [3.05, 3.63) is 47.8 Å². The van der Waals surface area contributed by atoms with E-state index in [2.05, 4.69) is 20.4 Å². The Hall–Kier alpha value is -4.61. The Morgan fingerprint density at radius 3 is 2.37 bits per heavy atom. The lowest BCUT2D eigenvalue weighted by atomic mass is 10.0. The highest BCUT2D eigenvalue weighted by Crippen LogP contribution is 2.33. The summed E-state index contributed by atoms with van der Waals surface area (Å²) in [5, 5.41) is 13.7. The fourth-order valence-electron chi connectivity index (χ4n) is 5.86. The Bertz CT molecular complexity index is 1690. The highest BCUT2D eigenvalue weighted by molar-refractivity contribution is 6.14. The van der Waals surface area contributed by atoms with Gasteiger partial charge < -0.3 is 25.6 Å². The molecule has 0 bridgehead atoms. The smallest absolute Gasteiger partial charge is 0.410 e. The first-order valence-corrected chi connectivity index (χ1v) is 14.6. The molecule has 43 heavy (non-hydrogen) atoms. The number of hydrogen-bond acceptors (Lipinski definition) is 7. The molecule has 0 atom stereocenters. The molecule has 1 aliphatic heterocycles. The third-order valence-electron chi connectivity index (χ3n) is 7.65. The van der Waals surface area contributed by atoms with Crippen molar-refractivity contribution in [2.24, 2.45) is 19.8 Å². The standard InChI is InChI=1S/C31H40N8O4/c1-7-39(30(42)43-31(2,3)4)22-10-12-38(13-11-22)25-9-8-23(28-24(25)18-37(6)35-28)29(41)33-21-14-19(16-26(32)40)27-20(15-21)17-36(5)34-27/h8-9,14-15,17-18,22H,7,10-13,16H2,1-6H3,(H2,32,40)(H,33,41). The molecule has 1 aliphatic rings. The van der Waals surface area contributed by atoms with Crippen LogP contribution in [0.5, 0.6) is 0 Å². The predicted octanol–water partition coefficient (Wildman–Crippen LogP) is 3.97. The number of piperidine rings is 1. The quantitative estimate of drug-likeness (QED) is 0.333. The van der Waals surface area contributed by atoms with Crippen LogP contribution in [0.3, 0.4) is 0 Å². The van der Waals surface area contributed by atoms with Crippen LogP contribution in [0.25, 0.3) is 21.8 Å². The summed E-state index contributed by atoms with van der Waals surface area (Å²) >= 11 is 0. The van der Waals surface area contributed by atoms with Crippen LogP contribution in [-0.2, 0) is 30.0 Å². The molecule has 4 aromatic rings. The van der Waals surface area contributed by atoms with Crippen LogP contribution in [0.1, 0.15) is 56.5 Å². The molecule has 2 aromatic heterocycles. The summed E-state index contributed by atoms with van der Waals surface area (Å²) in [6, 6.07) is 7.44. The number of fused-ring (bicyclic) bond motifs is 2. The summed E-state index contributed by atoms with van der Waals surface area (Å²) in [5.74, 6) is -0.782. The zero-order valence-electron chi connectivity index (χ0n) is 25.7. The summed E-state index contributed by atoms with van der Waals surface area (Å²) in [5.41, 5.74) is 8.84. The van der Waals surface area contributed by atoms with Gasteiger partial charge in [-0.25, -0.2) is 4.79 Å². The van der Waals surface area contributed by atoms with Crippen LogP contribution in [0.15, 0.2) is 36.7 Å². The fourth-order valence-corrected chi connectivity index (χ4v) is 5.86. The van der Waals surface area contributed by atoms with Gasteiger partial charge >= 0.3 is 6.09 Å². The molecular weight excluding hydrogens is 548 g/mol. The van der Waals surface area contributed by atoms with Crippen molar-refractivity contribution in [3.8, 4) is 0 Å². The number of carbonyl (C=O) groups is 3. The molecule has 3 N–H and O–H groups in total. The van der Waals surface area contributed by atoms with Crippen LogP contribution < -0.4 is 16.0 Å². The first-order valence-electron chi connectivity index (χ1n) is 14.6. The second kappa shape index (κ2) is 11.6. The van der Waals surface area contributed by atoms with Crippen molar-refractivity contribution in [2.75, 3.05) is 29.9 Å². The van der Waals surface area contributed by atoms with Gasteiger partial charge in [-0.05, 0) is 70.4 Å². The van der Waals surface area contributed by atoms with E-state index in [1.54, 1.807) is 28.5 Å². The molecule has 3 heterocycles. The van der Waals surface area contributed by atoms with Gasteiger partial charge in [-0.1, -0.05) is 0 Å². The van der Waals surface area contributed by atoms with E-state index in [-0.39, 0.29) is 24.5 Å². The molecule has 3 amide bonds. The van der Waals surface area contributed by atoms with Gasteiger partial charge in [-0.3, -0.25) is 19.0 Å². The Kier molecular flexibility index (Phi) is 8.04. The van der Waals surface area contributed by atoms with E-state index < -0.39 is 11.5 Å². The predicted molar refractivity (Wildman–Crippen MR) is 166 cm³/mol. The normalized spacial score (nSPS) is 14.3. The Labute approximate surface area is 250 Å². The third kappa shape index (κ3) is 6.42. The minimum Gasteiger partial charge on any atom is -0.444 e. The molecule has 12 heteroatoms.